The van der Waals surface area contributed by atoms with Crippen molar-refractivity contribution in [1.29, 1.82) is 0 Å². The van der Waals surface area contributed by atoms with Gasteiger partial charge in [-0.2, -0.15) is 0 Å². The van der Waals surface area contributed by atoms with Gasteiger partial charge >= 0.3 is 0 Å². The van der Waals surface area contributed by atoms with Gasteiger partial charge in [0, 0.05) is 0 Å². The zero-order valence-corrected chi connectivity index (χ0v) is 17.2. The second-order valence-electron chi connectivity index (χ2n) is 9.29. The topological polar surface area (TPSA) is 0 Å². The first kappa shape index (κ1) is 20.8. The Morgan fingerprint density at radius 1 is 0.815 bits per heavy atom. The Hall–Kier alpha value is -0.920. The third kappa shape index (κ3) is 6.03. The maximum absolute atomic E-state index is 13.9. The summed E-state index contributed by atoms with van der Waals surface area (Å²) < 4.78 is 26.0. The number of aryl methyl sites for hydroxylation is 1. The van der Waals surface area contributed by atoms with E-state index in [1.807, 2.05) is 13.0 Å². The Kier molecular flexibility index (Phi) is 8.15. The number of benzene rings is 1. The molecule has 0 N–H and O–H groups in total. The van der Waals surface area contributed by atoms with Gasteiger partial charge in [-0.1, -0.05) is 50.7 Å². The summed E-state index contributed by atoms with van der Waals surface area (Å²) in [6, 6.07) is 5.86. The Labute approximate surface area is 165 Å². The molecule has 0 nitrogen and oxygen atoms in total. The van der Waals surface area contributed by atoms with E-state index in [2.05, 4.69) is 6.07 Å². The minimum atomic E-state index is -0.147. The van der Waals surface area contributed by atoms with Crippen LogP contribution >= 0.6 is 0 Å². The number of hydrogen-bond donors (Lipinski definition) is 0. The van der Waals surface area contributed by atoms with E-state index in [9.17, 15) is 8.78 Å². The predicted octanol–water partition coefficient (Wildman–Crippen LogP) is 8.13. The van der Waals surface area contributed by atoms with Crippen molar-refractivity contribution in [3.8, 4) is 0 Å². The highest BCUT2D eigenvalue weighted by Crippen LogP contribution is 2.44. The quantitative estimate of drug-likeness (QED) is 0.402. The molecule has 1 aromatic rings. The fraction of sp³-hybridized carbons (Fsp3) is 0.760. The number of unbranched alkanes of at least 4 members (excludes halogenated alkanes) is 3. The molecular weight excluding hydrogens is 338 g/mol. The average Bonchev–Trinajstić information content (AvgIpc) is 2.71. The summed E-state index contributed by atoms with van der Waals surface area (Å²) in [6.07, 6.45) is 16.5. The summed E-state index contributed by atoms with van der Waals surface area (Å²) in [5.41, 5.74) is 1.97. The maximum Gasteiger partial charge on any atom is 0.126 e. The molecule has 0 bridgehead atoms. The Balaban J connectivity index is 1.36. The van der Waals surface area contributed by atoms with Gasteiger partial charge in [-0.15, -0.1) is 0 Å². The third-order valence-electron chi connectivity index (χ3n) is 7.49. The molecule has 0 amide bonds. The van der Waals surface area contributed by atoms with Gasteiger partial charge in [0.1, 0.15) is 5.82 Å². The summed E-state index contributed by atoms with van der Waals surface area (Å²) in [6.45, 7) is 1.70. The number of halogens is 2. The highest BCUT2D eigenvalue weighted by molar-refractivity contribution is 5.26. The molecule has 2 saturated carbocycles. The van der Waals surface area contributed by atoms with E-state index in [1.54, 1.807) is 6.07 Å². The van der Waals surface area contributed by atoms with Crippen LogP contribution in [0.25, 0.3) is 0 Å². The predicted molar refractivity (Wildman–Crippen MR) is 110 cm³/mol. The van der Waals surface area contributed by atoms with E-state index in [4.69, 9.17) is 0 Å². The van der Waals surface area contributed by atoms with Crippen LogP contribution in [0.1, 0.15) is 101 Å². The first-order valence-corrected chi connectivity index (χ1v) is 11.5. The first-order chi connectivity index (χ1) is 13.2. The average molecular weight is 377 g/mol. The van der Waals surface area contributed by atoms with Crippen LogP contribution in [0.3, 0.4) is 0 Å². The molecule has 0 radical (unpaired) electrons. The summed E-state index contributed by atoms with van der Waals surface area (Å²) in [7, 11) is 0. The molecule has 0 aromatic heterocycles. The molecule has 0 spiro atoms. The molecule has 2 heteroatoms. The van der Waals surface area contributed by atoms with Crippen LogP contribution in [0.4, 0.5) is 8.78 Å². The van der Waals surface area contributed by atoms with Crippen molar-refractivity contribution >= 4 is 0 Å². The van der Waals surface area contributed by atoms with Crippen molar-refractivity contribution < 1.29 is 8.78 Å². The second kappa shape index (κ2) is 10.6. The van der Waals surface area contributed by atoms with Crippen molar-refractivity contribution in [3.05, 3.63) is 35.1 Å². The van der Waals surface area contributed by atoms with Crippen molar-refractivity contribution in [1.82, 2.24) is 0 Å². The lowest BCUT2D eigenvalue weighted by atomic mass is 9.68. The molecule has 0 unspecified atom stereocenters. The SMILES string of the molecule is Cc1ccc(C2CCC(C3CCC(CCCCCCF)CC3)CC2)cc1F. The van der Waals surface area contributed by atoms with Gasteiger partial charge in [0.05, 0.1) is 6.67 Å². The molecular formula is C25H38F2. The number of hydrogen-bond acceptors (Lipinski definition) is 0. The summed E-state index contributed by atoms with van der Waals surface area (Å²) in [4.78, 5) is 0. The molecule has 0 atom stereocenters. The van der Waals surface area contributed by atoms with Crippen LogP contribution in [-0.4, -0.2) is 6.67 Å². The van der Waals surface area contributed by atoms with Crippen LogP contribution in [0.15, 0.2) is 18.2 Å². The van der Waals surface area contributed by atoms with Gasteiger partial charge in [-0.25, -0.2) is 4.39 Å². The van der Waals surface area contributed by atoms with E-state index >= 15 is 0 Å². The van der Waals surface area contributed by atoms with Crippen LogP contribution in [0.5, 0.6) is 0 Å². The Morgan fingerprint density at radius 2 is 1.44 bits per heavy atom. The highest BCUT2D eigenvalue weighted by atomic mass is 19.1. The van der Waals surface area contributed by atoms with E-state index in [0.29, 0.717) is 5.92 Å². The zero-order chi connectivity index (χ0) is 19.1. The molecule has 2 fully saturated rings. The highest BCUT2D eigenvalue weighted by Gasteiger charge is 2.31. The lowest BCUT2D eigenvalue weighted by Gasteiger charge is -2.38. The van der Waals surface area contributed by atoms with E-state index in [1.165, 1.54) is 76.2 Å². The van der Waals surface area contributed by atoms with E-state index in [-0.39, 0.29) is 12.5 Å². The normalized spacial score (nSPS) is 29.0. The van der Waals surface area contributed by atoms with Crippen molar-refractivity contribution in [3.63, 3.8) is 0 Å². The van der Waals surface area contributed by atoms with Crippen molar-refractivity contribution in [2.24, 2.45) is 17.8 Å². The standard InChI is InChI=1S/C25H38F2/c1-19-7-10-24(18-25(19)27)23-15-13-22(14-16-23)21-11-8-20(9-12-21)6-4-2-3-5-17-26/h7,10,18,20-23H,2-6,8-9,11-17H2,1H3. The molecule has 1 aromatic carbocycles. The van der Waals surface area contributed by atoms with Gasteiger partial charge in [-0.05, 0) is 92.7 Å². The van der Waals surface area contributed by atoms with Gasteiger partial charge in [0.15, 0.2) is 0 Å². The molecule has 0 heterocycles. The molecule has 0 saturated heterocycles. The summed E-state index contributed by atoms with van der Waals surface area (Å²) in [5, 5.41) is 0. The largest absolute Gasteiger partial charge is 0.251 e. The fourth-order valence-corrected chi connectivity index (χ4v) is 5.62. The van der Waals surface area contributed by atoms with Crippen molar-refractivity contribution in [2.45, 2.75) is 96.3 Å². The fourth-order valence-electron chi connectivity index (χ4n) is 5.62. The maximum atomic E-state index is 13.9. The minimum absolute atomic E-state index is 0.0439. The van der Waals surface area contributed by atoms with Gasteiger partial charge < -0.3 is 0 Å². The first-order valence-electron chi connectivity index (χ1n) is 11.5. The van der Waals surface area contributed by atoms with Gasteiger partial charge in [0.25, 0.3) is 0 Å². The second-order valence-corrected chi connectivity index (χ2v) is 9.29. The van der Waals surface area contributed by atoms with Gasteiger partial charge in [0.2, 0.25) is 0 Å². The molecule has 152 valence electrons. The van der Waals surface area contributed by atoms with Crippen LogP contribution in [0, 0.1) is 30.5 Å². The third-order valence-corrected chi connectivity index (χ3v) is 7.49. The zero-order valence-electron chi connectivity index (χ0n) is 17.2. The molecule has 3 rings (SSSR count). The van der Waals surface area contributed by atoms with Crippen LogP contribution in [0.2, 0.25) is 0 Å². The number of alkyl halides is 1. The lowest BCUT2D eigenvalue weighted by molar-refractivity contribution is 0.155. The van der Waals surface area contributed by atoms with E-state index in [0.717, 1.165) is 36.2 Å². The van der Waals surface area contributed by atoms with Crippen LogP contribution in [-0.2, 0) is 0 Å². The molecule has 2 aliphatic rings. The van der Waals surface area contributed by atoms with Gasteiger partial charge in [-0.3, -0.25) is 4.39 Å². The molecule has 27 heavy (non-hydrogen) atoms. The summed E-state index contributed by atoms with van der Waals surface area (Å²) >= 11 is 0. The number of rotatable bonds is 8. The van der Waals surface area contributed by atoms with Crippen LogP contribution < -0.4 is 0 Å². The lowest BCUT2D eigenvalue weighted by Crippen LogP contribution is -2.25. The summed E-state index contributed by atoms with van der Waals surface area (Å²) in [5.74, 6) is 3.29. The Bertz CT molecular complexity index is 551. The smallest absolute Gasteiger partial charge is 0.126 e. The van der Waals surface area contributed by atoms with E-state index < -0.39 is 0 Å². The Morgan fingerprint density at radius 3 is 2.07 bits per heavy atom. The minimum Gasteiger partial charge on any atom is -0.251 e. The molecule has 0 aliphatic heterocycles. The monoisotopic (exact) mass is 376 g/mol. The van der Waals surface area contributed by atoms with Crippen molar-refractivity contribution in [2.75, 3.05) is 6.67 Å². The molecule has 2 aliphatic carbocycles.